The predicted molar refractivity (Wildman–Crippen MR) is 85.7 cm³/mol. The first-order chi connectivity index (χ1) is 11.1. The number of halogens is 3. The predicted octanol–water partition coefficient (Wildman–Crippen LogP) is 4.35. The van der Waals surface area contributed by atoms with Crippen molar-refractivity contribution in [2.45, 2.75) is 44.0 Å². The topological polar surface area (TPSA) is 41.6 Å². The first kappa shape index (κ1) is 17.0. The molecule has 130 valence electrons. The molecule has 8 heteroatoms. The van der Waals surface area contributed by atoms with Crippen LogP contribution >= 0.6 is 11.8 Å². The van der Waals surface area contributed by atoms with Crippen LogP contribution in [0, 0.1) is 0 Å². The molecule has 1 aromatic carbocycles. The number of anilines is 1. The molecule has 0 saturated carbocycles. The summed E-state index contributed by atoms with van der Waals surface area (Å²) in [5.74, 6) is -0.399. The van der Waals surface area contributed by atoms with Crippen LogP contribution in [0.3, 0.4) is 0 Å². The Hall–Kier alpha value is -1.83. The van der Waals surface area contributed by atoms with Crippen LogP contribution in [0.15, 0.2) is 33.7 Å². The van der Waals surface area contributed by atoms with Crippen molar-refractivity contribution in [3.63, 3.8) is 0 Å². The maximum Gasteiger partial charge on any atom is 0.573 e. The quantitative estimate of drug-likeness (QED) is 0.854. The summed E-state index contributed by atoms with van der Waals surface area (Å²) in [5, 5.41) is 3.19. The van der Waals surface area contributed by atoms with E-state index in [1.165, 1.54) is 30.0 Å². The van der Waals surface area contributed by atoms with Crippen molar-refractivity contribution in [1.82, 2.24) is 4.90 Å². The second-order valence-corrected chi connectivity index (χ2v) is 7.33. The molecular formula is C16H17F3N2O2S. The molecule has 0 bridgehead atoms. The number of amides is 1. The van der Waals surface area contributed by atoms with Gasteiger partial charge in [-0.2, -0.15) is 0 Å². The monoisotopic (exact) mass is 358 g/mol. The minimum Gasteiger partial charge on any atom is -0.406 e. The van der Waals surface area contributed by atoms with E-state index in [2.05, 4.69) is 10.1 Å². The van der Waals surface area contributed by atoms with Gasteiger partial charge in [0, 0.05) is 29.1 Å². The van der Waals surface area contributed by atoms with Gasteiger partial charge < -0.3 is 15.0 Å². The zero-order valence-corrected chi connectivity index (χ0v) is 14.3. The Morgan fingerprint density at radius 3 is 2.71 bits per heavy atom. The van der Waals surface area contributed by atoms with Crippen molar-refractivity contribution in [1.29, 1.82) is 0 Å². The van der Waals surface area contributed by atoms with E-state index in [-0.39, 0.29) is 17.2 Å². The smallest absolute Gasteiger partial charge is 0.406 e. The van der Waals surface area contributed by atoms with Crippen molar-refractivity contribution < 1.29 is 22.7 Å². The first-order valence-corrected chi connectivity index (χ1v) is 8.32. The van der Waals surface area contributed by atoms with Gasteiger partial charge in [-0.1, -0.05) is 11.8 Å². The van der Waals surface area contributed by atoms with Gasteiger partial charge in [0.05, 0.1) is 10.6 Å². The minimum absolute atomic E-state index is 0.103. The molecule has 2 heterocycles. The Morgan fingerprint density at radius 2 is 2.08 bits per heavy atom. The fourth-order valence-electron chi connectivity index (χ4n) is 3.07. The van der Waals surface area contributed by atoms with Crippen molar-refractivity contribution in [2.24, 2.45) is 0 Å². The average Bonchev–Trinajstić information content (AvgIpc) is 2.44. The number of rotatable bonds is 2. The molecule has 0 fully saturated rings. The van der Waals surface area contributed by atoms with Crippen molar-refractivity contribution in [2.75, 3.05) is 11.9 Å². The van der Waals surface area contributed by atoms with Crippen LogP contribution in [-0.4, -0.2) is 29.3 Å². The fourth-order valence-corrected chi connectivity index (χ4v) is 4.14. The van der Waals surface area contributed by atoms with Crippen LogP contribution in [0.1, 0.15) is 27.2 Å². The SMILES string of the molecule is CCN1C(=O)C2=C(CC1(C)C)Nc1ccc(OC(F)(F)F)cc1S2. The molecule has 4 nitrogen and oxygen atoms in total. The fraction of sp³-hybridized carbons (Fsp3) is 0.438. The summed E-state index contributed by atoms with van der Waals surface area (Å²) in [4.78, 5) is 15.6. The van der Waals surface area contributed by atoms with Gasteiger partial charge in [0.25, 0.3) is 5.91 Å². The third-order valence-corrected chi connectivity index (χ3v) is 5.24. The Bertz CT molecular complexity index is 729. The molecule has 0 unspecified atom stereocenters. The van der Waals surface area contributed by atoms with Gasteiger partial charge in [0.15, 0.2) is 0 Å². The molecule has 24 heavy (non-hydrogen) atoms. The lowest BCUT2D eigenvalue weighted by molar-refractivity contribution is -0.274. The second-order valence-electron chi connectivity index (χ2n) is 6.28. The zero-order chi connectivity index (χ0) is 17.7. The molecule has 0 atom stereocenters. The normalized spacial score (nSPS) is 19.6. The second kappa shape index (κ2) is 5.61. The van der Waals surface area contributed by atoms with E-state index in [0.29, 0.717) is 28.5 Å². The Balaban J connectivity index is 1.92. The molecule has 1 aromatic rings. The van der Waals surface area contributed by atoms with Crippen molar-refractivity contribution in [3.05, 3.63) is 28.8 Å². The lowest BCUT2D eigenvalue weighted by Crippen LogP contribution is -2.52. The standard InChI is InChI=1S/C16H17F3N2O2S/c1-4-21-14(22)13-11(8-15(21,2)3)20-10-6-5-9(7-12(10)24-13)23-16(17,18)19/h5-7,20H,4,8H2,1-3H3. The number of nitrogens with one attached hydrogen (secondary N) is 1. The number of alkyl halides is 3. The maximum atomic E-state index is 12.7. The van der Waals surface area contributed by atoms with E-state index in [1.54, 1.807) is 4.90 Å². The van der Waals surface area contributed by atoms with Gasteiger partial charge in [-0.05, 0) is 39.0 Å². The van der Waals surface area contributed by atoms with Gasteiger partial charge in [-0.15, -0.1) is 13.2 Å². The molecule has 1 amide bonds. The molecule has 2 aliphatic rings. The molecule has 1 N–H and O–H groups in total. The van der Waals surface area contributed by atoms with Gasteiger partial charge >= 0.3 is 6.36 Å². The summed E-state index contributed by atoms with van der Waals surface area (Å²) in [5.41, 5.74) is 1.19. The lowest BCUT2D eigenvalue weighted by atomic mass is 9.91. The average molecular weight is 358 g/mol. The van der Waals surface area contributed by atoms with Gasteiger partial charge in [0.2, 0.25) is 0 Å². The summed E-state index contributed by atoms with van der Waals surface area (Å²) in [6, 6.07) is 4.10. The maximum absolute atomic E-state index is 12.7. The summed E-state index contributed by atoms with van der Waals surface area (Å²) in [6.45, 7) is 6.49. The summed E-state index contributed by atoms with van der Waals surface area (Å²) in [6.07, 6.45) is -4.08. The number of thioether (sulfide) groups is 1. The Labute approximate surface area is 142 Å². The number of fused-ring (bicyclic) bond motifs is 1. The first-order valence-electron chi connectivity index (χ1n) is 7.50. The van der Waals surface area contributed by atoms with Gasteiger partial charge in [-0.25, -0.2) is 0 Å². The van der Waals surface area contributed by atoms with Crippen LogP contribution in [0.2, 0.25) is 0 Å². The highest BCUT2D eigenvalue weighted by atomic mass is 32.2. The minimum atomic E-state index is -4.74. The number of benzene rings is 1. The van der Waals surface area contributed by atoms with E-state index in [0.717, 1.165) is 5.70 Å². The number of carbonyl (C=O) groups excluding carboxylic acids is 1. The molecule has 0 aliphatic carbocycles. The number of hydrogen-bond acceptors (Lipinski definition) is 4. The largest absolute Gasteiger partial charge is 0.573 e. The molecule has 2 aliphatic heterocycles. The van der Waals surface area contributed by atoms with Gasteiger partial charge in [-0.3, -0.25) is 4.79 Å². The highest BCUT2D eigenvalue weighted by Crippen LogP contribution is 2.47. The number of nitrogens with zero attached hydrogens (tertiary/aromatic N) is 1. The van der Waals surface area contributed by atoms with E-state index >= 15 is 0 Å². The van der Waals surface area contributed by atoms with Crippen molar-refractivity contribution in [3.8, 4) is 5.75 Å². The summed E-state index contributed by atoms with van der Waals surface area (Å²) < 4.78 is 41.1. The lowest BCUT2D eigenvalue weighted by Gasteiger charge is -2.44. The van der Waals surface area contributed by atoms with Crippen LogP contribution < -0.4 is 10.1 Å². The zero-order valence-electron chi connectivity index (χ0n) is 13.5. The number of hydrogen-bond donors (Lipinski definition) is 1. The Kier molecular flexibility index (Phi) is 3.98. The van der Waals surface area contributed by atoms with E-state index in [9.17, 15) is 18.0 Å². The van der Waals surface area contributed by atoms with Crippen LogP contribution in [-0.2, 0) is 4.79 Å². The molecular weight excluding hydrogens is 341 g/mol. The highest BCUT2D eigenvalue weighted by molar-refractivity contribution is 8.04. The third-order valence-electron chi connectivity index (χ3n) is 4.05. The number of likely N-dealkylation sites (N-methyl/N-ethyl adjacent to an activating group) is 1. The molecule has 0 saturated heterocycles. The molecule has 3 rings (SSSR count). The van der Waals surface area contributed by atoms with Crippen LogP contribution in [0.5, 0.6) is 5.75 Å². The van der Waals surface area contributed by atoms with E-state index in [1.807, 2.05) is 20.8 Å². The molecule has 0 aromatic heterocycles. The number of ether oxygens (including phenoxy) is 1. The van der Waals surface area contributed by atoms with Gasteiger partial charge in [0.1, 0.15) is 5.75 Å². The van der Waals surface area contributed by atoms with Crippen molar-refractivity contribution >= 4 is 23.4 Å². The van der Waals surface area contributed by atoms with Crippen LogP contribution in [0.4, 0.5) is 18.9 Å². The summed E-state index contributed by atoms with van der Waals surface area (Å²) >= 11 is 1.19. The molecule has 0 radical (unpaired) electrons. The Morgan fingerprint density at radius 1 is 1.38 bits per heavy atom. The van der Waals surface area contributed by atoms with E-state index in [4.69, 9.17) is 0 Å². The highest BCUT2D eigenvalue weighted by Gasteiger charge is 2.41. The summed E-state index contributed by atoms with van der Waals surface area (Å²) in [7, 11) is 0. The van der Waals surface area contributed by atoms with E-state index < -0.39 is 6.36 Å². The molecule has 0 spiro atoms. The number of carbonyl (C=O) groups is 1. The third kappa shape index (κ3) is 3.07. The van der Waals surface area contributed by atoms with Crippen LogP contribution in [0.25, 0.3) is 0 Å².